The molecule has 0 amide bonds. The fourth-order valence-electron chi connectivity index (χ4n) is 4.10. The van der Waals surface area contributed by atoms with Crippen molar-refractivity contribution in [2.75, 3.05) is 0 Å². The van der Waals surface area contributed by atoms with Gasteiger partial charge in [0, 0.05) is 0 Å². The Morgan fingerprint density at radius 1 is 0.938 bits per heavy atom. The smallest absolute Gasteiger partial charge is 0.162 e. The normalized spacial score (nSPS) is 24.8. The third-order valence-electron chi connectivity index (χ3n) is 4.79. The largest absolute Gasteiger partial charge is 0.166 e. The van der Waals surface area contributed by atoms with Crippen LogP contribution in [0.3, 0.4) is 0 Å². The highest BCUT2D eigenvalue weighted by molar-refractivity contribution is 7.22. The second kappa shape index (κ2) is 5.43. The molecule has 0 spiro atoms. The summed E-state index contributed by atoms with van der Waals surface area (Å²) in [7, 11) is -1.47. The van der Waals surface area contributed by atoms with Crippen molar-refractivity contribution in [2.24, 2.45) is 5.92 Å². The Morgan fingerprint density at radius 3 is 1.62 bits per heavy atom. The van der Waals surface area contributed by atoms with Gasteiger partial charge >= 0.3 is 0 Å². The molecule has 0 heterocycles. The average molecular weight is 259 g/mol. The first-order valence-corrected chi connectivity index (χ1v) is 10.7. The van der Waals surface area contributed by atoms with Gasteiger partial charge in [-0.05, 0) is 23.0 Å². The average Bonchev–Trinajstić information content (AvgIpc) is 2.91. The molecule has 0 N–H and O–H groups in total. The van der Waals surface area contributed by atoms with Crippen LogP contribution >= 0.6 is 11.1 Å². The molecule has 2 saturated carbocycles. The molecule has 94 valence electrons. The van der Waals surface area contributed by atoms with E-state index in [0.29, 0.717) is 0 Å². The summed E-state index contributed by atoms with van der Waals surface area (Å²) < 4.78 is 0. The van der Waals surface area contributed by atoms with E-state index in [1.54, 1.807) is 0 Å². The maximum Gasteiger partial charge on any atom is 0.162 e. The van der Waals surface area contributed by atoms with E-state index in [9.17, 15) is 0 Å². The molecule has 0 atom stereocenters. The van der Waals surface area contributed by atoms with Crippen LogP contribution in [0.2, 0.25) is 17.1 Å². The highest BCUT2D eigenvalue weighted by Gasteiger charge is 2.48. The minimum absolute atomic E-state index is 0.811. The van der Waals surface area contributed by atoms with Crippen LogP contribution in [-0.4, -0.2) is 7.38 Å². The van der Waals surface area contributed by atoms with Gasteiger partial charge in [0.25, 0.3) is 0 Å². The van der Waals surface area contributed by atoms with Crippen molar-refractivity contribution in [3.8, 4) is 0 Å². The Labute approximate surface area is 107 Å². The van der Waals surface area contributed by atoms with E-state index >= 15 is 0 Å². The first-order chi connectivity index (χ1) is 7.63. The predicted molar refractivity (Wildman–Crippen MR) is 75.7 cm³/mol. The number of hydrogen-bond donors (Lipinski definition) is 0. The Kier molecular flexibility index (Phi) is 4.40. The van der Waals surface area contributed by atoms with Gasteiger partial charge in [-0.1, -0.05) is 65.2 Å². The van der Waals surface area contributed by atoms with Gasteiger partial charge in [-0.15, -0.1) is 0 Å². The van der Waals surface area contributed by atoms with Crippen molar-refractivity contribution in [2.45, 2.75) is 82.3 Å². The summed E-state index contributed by atoms with van der Waals surface area (Å²) in [5.41, 5.74) is 1.92. The van der Waals surface area contributed by atoms with Gasteiger partial charge in [0.05, 0.1) is 0 Å². The standard InChI is InChI=1S/C14H27ClSi/c1-12(2)11-16(15,13-7-3-4-8-13)14-9-5-6-10-14/h12-14H,3-11H2,1-2H3. The van der Waals surface area contributed by atoms with Crippen LogP contribution in [0, 0.1) is 5.92 Å². The maximum absolute atomic E-state index is 7.29. The minimum Gasteiger partial charge on any atom is -0.166 e. The van der Waals surface area contributed by atoms with Crippen LogP contribution in [0.1, 0.15) is 65.2 Å². The quantitative estimate of drug-likeness (QED) is 0.447. The molecule has 0 bridgehead atoms. The van der Waals surface area contributed by atoms with Crippen LogP contribution in [0.4, 0.5) is 0 Å². The molecule has 0 aromatic heterocycles. The first-order valence-electron chi connectivity index (χ1n) is 7.32. The van der Waals surface area contributed by atoms with Crippen molar-refractivity contribution >= 4 is 18.5 Å². The first kappa shape index (κ1) is 13.0. The highest BCUT2D eigenvalue weighted by Crippen LogP contribution is 2.54. The summed E-state index contributed by atoms with van der Waals surface area (Å²) >= 11 is 7.29. The van der Waals surface area contributed by atoms with Crippen molar-refractivity contribution < 1.29 is 0 Å². The third kappa shape index (κ3) is 2.67. The maximum atomic E-state index is 7.29. The highest BCUT2D eigenvalue weighted by atomic mass is 35.6. The molecule has 2 aliphatic rings. The second-order valence-corrected chi connectivity index (χ2v) is 12.5. The summed E-state index contributed by atoms with van der Waals surface area (Å²) in [6.07, 6.45) is 11.7. The predicted octanol–water partition coefficient (Wildman–Crippen LogP) is 5.72. The number of halogens is 1. The van der Waals surface area contributed by atoms with Crippen molar-refractivity contribution in [1.82, 2.24) is 0 Å². The molecule has 2 fully saturated rings. The molecule has 0 aromatic carbocycles. The molecule has 0 saturated heterocycles. The molecule has 2 rings (SSSR count). The van der Waals surface area contributed by atoms with E-state index in [-0.39, 0.29) is 0 Å². The summed E-state index contributed by atoms with van der Waals surface area (Å²) in [5, 5.41) is 0. The molecule has 16 heavy (non-hydrogen) atoms. The lowest BCUT2D eigenvalue weighted by Crippen LogP contribution is -2.38. The summed E-state index contributed by atoms with van der Waals surface area (Å²) in [6, 6.07) is 1.38. The van der Waals surface area contributed by atoms with Gasteiger partial charge in [0.2, 0.25) is 0 Å². The lowest BCUT2D eigenvalue weighted by atomic mass is 10.3. The van der Waals surface area contributed by atoms with Gasteiger partial charge in [-0.2, -0.15) is 11.1 Å². The van der Waals surface area contributed by atoms with Crippen molar-refractivity contribution in [3.05, 3.63) is 0 Å². The Hall–Kier alpha value is 0.507. The molecular weight excluding hydrogens is 232 g/mol. The van der Waals surface area contributed by atoms with Crippen LogP contribution in [0.15, 0.2) is 0 Å². The Morgan fingerprint density at radius 2 is 1.31 bits per heavy atom. The number of hydrogen-bond acceptors (Lipinski definition) is 0. The zero-order chi connectivity index (χ0) is 11.6. The van der Waals surface area contributed by atoms with Gasteiger partial charge in [-0.25, -0.2) is 0 Å². The summed E-state index contributed by atoms with van der Waals surface area (Å²) in [5.74, 6) is 0.811. The van der Waals surface area contributed by atoms with Crippen LogP contribution < -0.4 is 0 Å². The summed E-state index contributed by atoms with van der Waals surface area (Å²) in [4.78, 5) is 0. The fourth-order valence-corrected chi connectivity index (χ4v) is 11.7. The lowest BCUT2D eigenvalue weighted by Gasteiger charge is -2.37. The van der Waals surface area contributed by atoms with E-state index in [1.165, 1.54) is 57.4 Å². The van der Waals surface area contributed by atoms with E-state index in [4.69, 9.17) is 11.1 Å². The molecule has 2 aliphatic carbocycles. The molecule has 2 heteroatoms. The van der Waals surface area contributed by atoms with E-state index in [1.807, 2.05) is 0 Å². The van der Waals surface area contributed by atoms with E-state index in [2.05, 4.69) is 13.8 Å². The number of rotatable bonds is 4. The fraction of sp³-hybridized carbons (Fsp3) is 1.00. The monoisotopic (exact) mass is 258 g/mol. The Balaban J connectivity index is 2.09. The zero-order valence-electron chi connectivity index (χ0n) is 11.0. The van der Waals surface area contributed by atoms with Crippen molar-refractivity contribution in [1.29, 1.82) is 0 Å². The second-order valence-electron chi connectivity index (χ2n) is 6.49. The zero-order valence-corrected chi connectivity index (χ0v) is 12.7. The molecule has 0 aromatic rings. The third-order valence-corrected chi connectivity index (χ3v) is 12.4. The van der Waals surface area contributed by atoms with Crippen molar-refractivity contribution in [3.63, 3.8) is 0 Å². The summed E-state index contributed by atoms with van der Waals surface area (Å²) in [6.45, 7) is 4.74. The van der Waals surface area contributed by atoms with Gasteiger partial charge in [0.15, 0.2) is 7.38 Å². The van der Waals surface area contributed by atoms with E-state index < -0.39 is 7.38 Å². The lowest BCUT2D eigenvalue weighted by molar-refractivity contribution is 0.673. The van der Waals surface area contributed by atoms with Crippen LogP contribution in [-0.2, 0) is 0 Å². The molecule has 0 radical (unpaired) electrons. The molecule has 0 nitrogen and oxygen atoms in total. The van der Waals surface area contributed by atoms with Gasteiger partial charge < -0.3 is 0 Å². The van der Waals surface area contributed by atoms with Gasteiger partial charge in [-0.3, -0.25) is 0 Å². The molecular formula is C14H27ClSi. The topological polar surface area (TPSA) is 0 Å². The molecule has 0 aliphatic heterocycles. The SMILES string of the molecule is CC(C)C[Si](Cl)(C1CCCC1)C1CCCC1. The van der Waals surface area contributed by atoms with Gasteiger partial charge in [0.1, 0.15) is 0 Å². The van der Waals surface area contributed by atoms with Crippen LogP contribution in [0.5, 0.6) is 0 Å². The van der Waals surface area contributed by atoms with E-state index in [0.717, 1.165) is 17.0 Å². The molecule has 0 unspecified atom stereocenters. The van der Waals surface area contributed by atoms with Crippen LogP contribution in [0.25, 0.3) is 0 Å². The Bertz CT molecular complexity index is 199. The minimum atomic E-state index is -1.47.